The standard InChI is InChI=1S/C25H32N2O4/c1-17(2)14-26-25(29)19(4)27(15-21-7-5-18(3)6-8-21)24(28)12-10-20-9-11-22-23(13-20)31-16-30-22/h5-9,11,13,17,19H,10,12,14-16H2,1-4H3,(H,26,29). The van der Waals surface area contributed by atoms with Gasteiger partial charge in [0.1, 0.15) is 6.04 Å². The van der Waals surface area contributed by atoms with Crippen LogP contribution in [0.3, 0.4) is 0 Å². The van der Waals surface area contributed by atoms with Gasteiger partial charge in [0.2, 0.25) is 18.6 Å². The zero-order chi connectivity index (χ0) is 22.4. The maximum absolute atomic E-state index is 13.2. The van der Waals surface area contributed by atoms with Crippen molar-refractivity contribution < 1.29 is 19.1 Å². The van der Waals surface area contributed by atoms with Crippen LogP contribution in [0.15, 0.2) is 42.5 Å². The molecule has 0 aliphatic carbocycles. The second-order valence-corrected chi connectivity index (χ2v) is 8.51. The van der Waals surface area contributed by atoms with E-state index in [2.05, 4.69) is 5.32 Å². The Balaban J connectivity index is 1.69. The summed E-state index contributed by atoms with van der Waals surface area (Å²) in [5.41, 5.74) is 3.17. The van der Waals surface area contributed by atoms with Gasteiger partial charge in [0.25, 0.3) is 0 Å². The molecular weight excluding hydrogens is 392 g/mol. The molecule has 2 aromatic rings. The lowest BCUT2D eigenvalue weighted by molar-refractivity contribution is -0.140. The highest BCUT2D eigenvalue weighted by atomic mass is 16.7. The smallest absolute Gasteiger partial charge is 0.242 e. The molecule has 2 aromatic carbocycles. The molecule has 0 saturated carbocycles. The summed E-state index contributed by atoms with van der Waals surface area (Å²) < 4.78 is 10.8. The van der Waals surface area contributed by atoms with E-state index in [1.165, 1.54) is 0 Å². The fourth-order valence-electron chi connectivity index (χ4n) is 3.42. The number of ether oxygens (including phenoxy) is 2. The van der Waals surface area contributed by atoms with Crippen LogP contribution in [-0.4, -0.2) is 36.1 Å². The molecule has 6 heteroatoms. The maximum atomic E-state index is 13.2. The Kier molecular flexibility index (Phi) is 7.55. The Morgan fingerprint density at radius 1 is 1.00 bits per heavy atom. The van der Waals surface area contributed by atoms with Crippen molar-refractivity contribution in [2.75, 3.05) is 13.3 Å². The lowest BCUT2D eigenvalue weighted by Crippen LogP contribution is -2.48. The van der Waals surface area contributed by atoms with Crippen molar-refractivity contribution in [3.8, 4) is 11.5 Å². The Bertz CT molecular complexity index is 908. The van der Waals surface area contributed by atoms with E-state index in [-0.39, 0.29) is 18.6 Å². The molecule has 1 aliphatic heterocycles. The van der Waals surface area contributed by atoms with E-state index in [1.54, 1.807) is 11.8 Å². The number of aryl methyl sites for hydroxylation is 2. The highest BCUT2D eigenvalue weighted by Gasteiger charge is 2.26. The molecule has 3 rings (SSSR count). The van der Waals surface area contributed by atoms with E-state index >= 15 is 0 Å². The van der Waals surface area contributed by atoms with Crippen molar-refractivity contribution in [3.05, 3.63) is 59.2 Å². The van der Waals surface area contributed by atoms with Gasteiger partial charge in [0.05, 0.1) is 0 Å². The molecule has 31 heavy (non-hydrogen) atoms. The second-order valence-electron chi connectivity index (χ2n) is 8.51. The van der Waals surface area contributed by atoms with Gasteiger partial charge in [-0.25, -0.2) is 0 Å². The summed E-state index contributed by atoms with van der Waals surface area (Å²) in [6.45, 7) is 9.13. The third-order valence-electron chi connectivity index (χ3n) is 5.39. The van der Waals surface area contributed by atoms with Crippen LogP contribution >= 0.6 is 0 Å². The van der Waals surface area contributed by atoms with Gasteiger partial charge in [-0.05, 0) is 49.4 Å². The summed E-state index contributed by atoms with van der Waals surface area (Å²) in [5, 5.41) is 2.95. The second kappa shape index (κ2) is 10.3. The first-order chi connectivity index (χ1) is 14.8. The van der Waals surface area contributed by atoms with Gasteiger partial charge in [0.15, 0.2) is 11.5 Å². The van der Waals surface area contributed by atoms with E-state index < -0.39 is 6.04 Å². The summed E-state index contributed by atoms with van der Waals surface area (Å²) in [6, 6.07) is 13.2. The van der Waals surface area contributed by atoms with E-state index in [1.807, 2.05) is 63.2 Å². The lowest BCUT2D eigenvalue weighted by Gasteiger charge is -2.29. The summed E-state index contributed by atoms with van der Waals surface area (Å²) in [6.07, 6.45) is 0.882. The SMILES string of the molecule is Cc1ccc(CN(C(=O)CCc2ccc3c(c2)OCO3)C(C)C(=O)NCC(C)C)cc1. The summed E-state index contributed by atoms with van der Waals surface area (Å²) in [5.74, 6) is 1.61. The fraction of sp³-hybridized carbons (Fsp3) is 0.440. The molecule has 1 unspecified atom stereocenters. The predicted molar refractivity (Wildman–Crippen MR) is 120 cm³/mol. The van der Waals surface area contributed by atoms with Crippen LogP contribution in [0.1, 0.15) is 43.9 Å². The number of rotatable bonds is 9. The van der Waals surface area contributed by atoms with Gasteiger partial charge in [0, 0.05) is 19.5 Å². The minimum Gasteiger partial charge on any atom is -0.454 e. The molecule has 0 fully saturated rings. The fourth-order valence-corrected chi connectivity index (χ4v) is 3.42. The number of carbonyl (C=O) groups excluding carboxylic acids is 2. The van der Waals surface area contributed by atoms with Crippen molar-refractivity contribution in [2.45, 2.75) is 53.1 Å². The van der Waals surface area contributed by atoms with Gasteiger partial charge in [-0.3, -0.25) is 9.59 Å². The molecule has 1 atom stereocenters. The number of fused-ring (bicyclic) bond motifs is 1. The van der Waals surface area contributed by atoms with Crippen LogP contribution < -0.4 is 14.8 Å². The first-order valence-corrected chi connectivity index (χ1v) is 10.8. The number of hydrogen-bond donors (Lipinski definition) is 1. The minimum absolute atomic E-state index is 0.0505. The van der Waals surface area contributed by atoms with Crippen LogP contribution in [0.4, 0.5) is 0 Å². The topological polar surface area (TPSA) is 67.9 Å². The molecule has 1 aliphatic rings. The van der Waals surface area contributed by atoms with Crippen molar-refractivity contribution in [1.29, 1.82) is 0 Å². The molecule has 0 spiro atoms. The van der Waals surface area contributed by atoms with Crippen LogP contribution in [0.25, 0.3) is 0 Å². The van der Waals surface area contributed by atoms with Crippen LogP contribution in [0.5, 0.6) is 11.5 Å². The van der Waals surface area contributed by atoms with Gasteiger partial charge in [-0.2, -0.15) is 0 Å². The quantitative estimate of drug-likeness (QED) is 0.664. The molecule has 0 radical (unpaired) electrons. The van der Waals surface area contributed by atoms with Crippen molar-refractivity contribution in [3.63, 3.8) is 0 Å². The molecular formula is C25H32N2O4. The molecule has 1 N–H and O–H groups in total. The highest BCUT2D eigenvalue weighted by Crippen LogP contribution is 2.32. The van der Waals surface area contributed by atoms with Crippen LogP contribution in [0, 0.1) is 12.8 Å². The molecule has 0 saturated heterocycles. The largest absolute Gasteiger partial charge is 0.454 e. The van der Waals surface area contributed by atoms with Gasteiger partial charge >= 0.3 is 0 Å². The number of amides is 2. The zero-order valence-corrected chi connectivity index (χ0v) is 18.8. The number of nitrogens with one attached hydrogen (secondary N) is 1. The first kappa shape index (κ1) is 22.7. The van der Waals surface area contributed by atoms with E-state index in [0.717, 1.165) is 22.4 Å². The highest BCUT2D eigenvalue weighted by molar-refractivity contribution is 5.87. The third-order valence-corrected chi connectivity index (χ3v) is 5.39. The average Bonchev–Trinajstić information content (AvgIpc) is 3.22. The van der Waals surface area contributed by atoms with Gasteiger partial charge in [-0.15, -0.1) is 0 Å². The normalized spacial score (nSPS) is 13.2. The van der Waals surface area contributed by atoms with Crippen LogP contribution in [-0.2, 0) is 22.6 Å². The monoisotopic (exact) mass is 424 g/mol. The molecule has 166 valence electrons. The maximum Gasteiger partial charge on any atom is 0.242 e. The Labute approximate surface area is 184 Å². The zero-order valence-electron chi connectivity index (χ0n) is 18.8. The Morgan fingerprint density at radius 2 is 1.68 bits per heavy atom. The Hall–Kier alpha value is -3.02. The van der Waals surface area contributed by atoms with E-state index in [4.69, 9.17) is 9.47 Å². The van der Waals surface area contributed by atoms with E-state index in [9.17, 15) is 9.59 Å². The lowest BCUT2D eigenvalue weighted by atomic mass is 10.1. The Morgan fingerprint density at radius 3 is 2.39 bits per heavy atom. The van der Waals surface area contributed by atoms with Crippen molar-refractivity contribution >= 4 is 11.8 Å². The van der Waals surface area contributed by atoms with Crippen molar-refractivity contribution in [2.24, 2.45) is 5.92 Å². The van der Waals surface area contributed by atoms with Crippen molar-refractivity contribution in [1.82, 2.24) is 10.2 Å². The molecule has 0 bridgehead atoms. The number of nitrogens with zero attached hydrogens (tertiary/aromatic N) is 1. The molecule has 6 nitrogen and oxygen atoms in total. The van der Waals surface area contributed by atoms with Crippen LogP contribution in [0.2, 0.25) is 0 Å². The predicted octanol–water partition coefficient (Wildman–Crippen LogP) is 3.85. The molecule has 0 aromatic heterocycles. The van der Waals surface area contributed by atoms with Gasteiger partial charge < -0.3 is 19.7 Å². The average molecular weight is 425 g/mol. The van der Waals surface area contributed by atoms with Gasteiger partial charge in [-0.1, -0.05) is 49.7 Å². The minimum atomic E-state index is -0.552. The number of hydrogen-bond acceptors (Lipinski definition) is 4. The molecule has 1 heterocycles. The summed E-state index contributed by atoms with van der Waals surface area (Å²) >= 11 is 0. The summed E-state index contributed by atoms with van der Waals surface area (Å²) in [7, 11) is 0. The van der Waals surface area contributed by atoms with E-state index in [0.29, 0.717) is 37.6 Å². The number of carbonyl (C=O) groups is 2. The third kappa shape index (κ3) is 6.23. The molecule has 2 amide bonds. The summed E-state index contributed by atoms with van der Waals surface area (Å²) in [4.78, 5) is 27.6. The number of benzene rings is 2. The first-order valence-electron chi connectivity index (χ1n) is 10.8.